The van der Waals surface area contributed by atoms with Gasteiger partial charge in [0.2, 0.25) is 0 Å². The average Bonchev–Trinajstić information content (AvgIpc) is 1.65. The van der Waals surface area contributed by atoms with Crippen LogP contribution in [0.15, 0.2) is 0 Å². The fraction of sp³-hybridized carbons (Fsp3) is 1.00. The van der Waals surface area contributed by atoms with Crippen molar-refractivity contribution in [3.63, 3.8) is 0 Å². The maximum Gasteiger partial charge on any atom is 0.314 e. The van der Waals surface area contributed by atoms with Crippen molar-refractivity contribution in [3.8, 4) is 0 Å². The minimum absolute atomic E-state index is 0.366. The molecule has 0 bridgehead atoms. The fourth-order valence-corrected chi connectivity index (χ4v) is 0. The van der Waals surface area contributed by atoms with E-state index in [2.05, 4.69) is 5.32 Å². The molecule has 0 aromatic heterocycles. The second-order valence-electron chi connectivity index (χ2n) is 1.25. The zero-order valence-corrected chi connectivity index (χ0v) is 6.33. The van der Waals surface area contributed by atoms with E-state index in [0.29, 0.717) is 0 Å². The zero-order chi connectivity index (χ0) is 7.86. The Hall–Kier alpha value is 0.0700. The summed E-state index contributed by atoms with van der Waals surface area (Å²) in [6.07, 6.45) is -0.366. The van der Waals surface area contributed by atoms with Crippen molar-refractivity contribution >= 4 is 8.25 Å². The Morgan fingerprint density at radius 2 is 1.67 bits per heavy atom. The minimum Gasteiger partial charge on any atom is -0.379 e. The molecular formula is C3H12NO4P. The molecule has 1 atom stereocenters. The number of aliphatic hydroxyl groups excluding tert-OH is 1. The van der Waals surface area contributed by atoms with Gasteiger partial charge in [-0.3, -0.25) is 9.88 Å². The van der Waals surface area contributed by atoms with Crippen LogP contribution in [0.2, 0.25) is 0 Å². The SMILES string of the molecule is CNC(C)O.O=[PH](O)O. The summed E-state index contributed by atoms with van der Waals surface area (Å²) in [7, 11) is -1.43. The molecule has 0 amide bonds. The monoisotopic (exact) mass is 157 g/mol. The van der Waals surface area contributed by atoms with E-state index in [0.717, 1.165) is 0 Å². The van der Waals surface area contributed by atoms with E-state index in [-0.39, 0.29) is 6.23 Å². The summed E-state index contributed by atoms with van der Waals surface area (Å²) in [6.45, 7) is 1.67. The van der Waals surface area contributed by atoms with Gasteiger partial charge in [-0.25, -0.2) is 0 Å². The second kappa shape index (κ2) is 8.07. The molecule has 0 radical (unpaired) electrons. The van der Waals surface area contributed by atoms with Crippen LogP contribution in [0, 0.1) is 0 Å². The first-order chi connectivity index (χ1) is 4.00. The molecule has 0 aromatic rings. The van der Waals surface area contributed by atoms with Gasteiger partial charge in [0, 0.05) is 0 Å². The van der Waals surface area contributed by atoms with Crippen LogP contribution in [-0.2, 0) is 4.57 Å². The van der Waals surface area contributed by atoms with Gasteiger partial charge in [0.25, 0.3) is 0 Å². The highest BCUT2D eigenvalue weighted by Crippen LogP contribution is 1.98. The van der Waals surface area contributed by atoms with E-state index in [4.69, 9.17) is 19.5 Å². The van der Waals surface area contributed by atoms with Crippen molar-refractivity contribution in [1.29, 1.82) is 0 Å². The zero-order valence-electron chi connectivity index (χ0n) is 5.33. The third-order valence-corrected chi connectivity index (χ3v) is 0.418. The van der Waals surface area contributed by atoms with Crippen LogP contribution in [0.5, 0.6) is 0 Å². The van der Waals surface area contributed by atoms with E-state index in [1.54, 1.807) is 14.0 Å². The van der Waals surface area contributed by atoms with Crippen LogP contribution < -0.4 is 5.32 Å². The summed E-state index contributed by atoms with van der Waals surface area (Å²) in [5.41, 5.74) is 0. The largest absolute Gasteiger partial charge is 0.379 e. The third-order valence-electron chi connectivity index (χ3n) is 0.418. The average molecular weight is 157 g/mol. The quantitative estimate of drug-likeness (QED) is 0.286. The molecule has 1 unspecified atom stereocenters. The van der Waals surface area contributed by atoms with Gasteiger partial charge in [0.15, 0.2) is 0 Å². The van der Waals surface area contributed by atoms with E-state index in [1.807, 2.05) is 0 Å². The van der Waals surface area contributed by atoms with Gasteiger partial charge in [-0.2, -0.15) is 0 Å². The van der Waals surface area contributed by atoms with E-state index in [1.165, 1.54) is 0 Å². The standard InChI is InChI=1S/C3H9NO.H3O3P/c1-3(5)4-2;1-4(2)3/h3-5H,1-2H3;4H,(H2,1,2,3). The number of aliphatic hydroxyl groups is 1. The molecule has 0 rings (SSSR count). The van der Waals surface area contributed by atoms with Crippen LogP contribution in [0.25, 0.3) is 0 Å². The molecule has 0 heterocycles. The molecule has 58 valence electrons. The highest BCUT2D eigenvalue weighted by atomic mass is 31.1. The first-order valence-electron chi connectivity index (χ1n) is 2.28. The van der Waals surface area contributed by atoms with Crippen molar-refractivity contribution in [2.75, 3.05) is 7.05 Å². The lowest BCUT2D eigenvalue weighted by atomic mass is 10.7. The van der Waals surface area contributed by atoms with Crippen molar-refractivity contribution in [2.24, 2.45) is 0 Å². The Morgan fingerprint density at radius 3 is 1.67 bits per heavy atom. The van der Waals surface area contributed by atoms with Crippen LogP contribution in [0.4, 0.5) is 0 Å². The normalized spacial score (nSPS) is 12.2. The first kappa shape index (κ1) is 11.8. The van der Waals surface area contributed by atoms with Crippen molar-refractivity contribution in [3.05, 3.63) is 0 Å². The van der Waals surface area contributed by atoms with Crippen LogP contribution in [-0.4, -0.2) is 28.2 Å². The number of hydrogen-bond acceptors (Lipinski definition) is 3. The molecule has 0 aliphatic carbocycles. The molecule has 0 saturated heterocycles. The van der Waals surface area contributed by atoms with Gasteiger partial charge in [0.1, 0.15) is 6.23 Å². The summed E-state index contributed by atoms with van der Waals surface area (Å²) in [5.74, 6) is 0. The smallest absolute Gasteiger partial charge is 0.314 e. The second-order valence-corrected chi connectivity index (χ2v) is 1.81. The lowest BCUT2D eigenvalue weighted by Gasteiger charge is -1.94. The molecule has 0 spiro atoms. The van der Waals surface area contributed by atoms with Gasteiger partial charge in [0.05, 0.1) is 0 Å². The molecule has 6 heteroatoms. The van der Waals surface area contributed by atoms with Gasteiger partial charge >= 0.3 is 8.25 Å². The van der Waals surface area contributed by atoms with Gasteiger partial charge in [-0.15, -0.1) is 0 Å². The van der Waals surface area contributed by atoms with Crippen molar-refractivity contribution < 1.29 is 19.5 Å². The molecule has 9 heavy (non-hydrogen) atoms. The number of nitrogens with one attached hydrogen (secondary N) is 1. The molecule has 0 aliphatic rings. The summed E-state index contributed by atoms with van der Waals surface area (Å²) < 4.78 is 8.74. The van der Waals surface area contributed by atoms with E-state index < -0.39 is 8.25 Å². The lowest BCUT2D eigenvalue weighted by Crippen LogP contribution is -2.19. The fourth-order valence-electron chi connectivity index (χ4n) is 0. The Bertz CT molecular complexity index is 72.2. The van der Waals surface area contributed by atoms with Crippen LogP contribution in [0.1, 0.15) is 6.92 Å². The molecule has 0 aliphatic heterocycles. The van der Waals surface area contributed by atoms with E-state index >= 15 is 0 Å². The number of rotatable bonds is 1. The first-order valence-corrected chi connectivity index (χ1v) is 3.58. The predicted octanol–water partition coefficient (Wildman–Crippen LogP) is -1.10. The summed E-state index contributed by atoms with van der Waals surface area (Å²) in [5, 5.41) is 10.8. The summed E-state index contributed by atoms with van der Waals surface area (Å²) in [6, 6.07) is 0. The maximum atomic E-state index is 8.74. The topological polar surface area (TPSA) is 89.8 Å². The molecule has 0 aromatic carbocycles. The molecule has 0 fully saturated rings. The minimum atomic E-state index is -3.13. The van der Waals surface area contributed by atoms with Gasteiger partial charge < -0.3 is 14.9 Å². The highest BCUT2D eigenvalue weighted by Gasteiger charge is 1.78. The molecule has 4 N–H and O–H groups in total. The Kier molecular flexibility index (Phi) is 10.6. The third kappa shape index (κ3) is 69.4. The molecular weight excluding hydrogens is 145 g/mol. The number of hydrogen-bond donors (Lipinski definition) is 4. The lowest BCUT2D eigenvalue weighted by molar-refractivity contribution is 0.167. The molecule has 0 saturated carbocycles. The van der Waals surface area contributed by atoms with Gasteiger partial charge in [-0.05, 0) is 14.0 Å². The summed E-state index contributed by atoms with van der Waals surface area (Å²) in [4.78, 5) is 14.3. The van der Waals surface area contributed by atoms with Crippen LogP contribution in [0.3, 0.4) is 0 Å². The van der Waals surface area contributed by atoms with Gasteiger partial charge in [-0.1, -0.05) is 0 Å². The Morgan fingerprint density at radius 1 is 1.56 bits per heavy atom. The Labute approximate surface area is 54.3 Å². The van der Waals surface area contributed by atoms with Crippen LogP contribution >= 0.6 is 8.25 Å². The maximum absolute atomic E-state index is 8.74. The molecule has 5 nitrogen and oxygen atoms in total. The van der Waals surface area contributed by atoms with E-state index in [9.17, 15) is 0 Å². The summed E-state index contributed by atoms with van der Waals surface area (Å²) >= 11 is 0. The predicted molar refractivity (Wildman–Crippen MR) is 34.2 cm³/mol. The highest BCUT2D eigenvalue weighted by molar-refractivity contribution is 7.30. The van der Waals surface area contributed by atoms with Crippen molar-refractivity contribution in [1.82, 2.24) is 5.32 Å². The van der Waals surface area contributed by atoms with Crippen molar-refractivity contribution in [2.45, 2.75) is 13.2 Å². The Balaban J connectivity index is 0.